The smallest absolute Gasteiger partial charge is 0.122 e. The van der Waals surface area contributed by atoms with E-state index in [4.69, 9.17) is 4.74 Å². The van der Waals surface area contributed by atoms with Gasteiger partial charge in [-0.2, -0.15) is 0 Å². The van der Waals surface area contributed by atoms with E-state index in [1.54, 1.807) is 7.11 Å². The second kappa shape index (κ2) is 15.2. The first-order chi connectivity index (χ1) is 20.7. The summed E-state index contributed by atoms with van der Waals surface area (Å²) in [7, 11) is 1.70. The average Bonchev–Trinajstić information content (AvgIpc) is 3.49. The van der Waals surface area contributed by atoms with Crippen LogP contribution in [0.2, 0.25) is 0 Å². The number of rotatable bonds is 6. The van der Waals surface area contributed by atoms with Crippen molar-refractivity contribution in [1.29, 1.82) is 0 Å². The number of benzene rings is 5. The minimum Gasteiger partial charge on any atom is -0.496 e. The number of para-hydroxylation sites is 1. The average molecular weight is 713 g/mol. The summed E-state index contributed by atoms with van der Waals surface area (Å²) in [6.07, 6.45) is 6.36. The Morgan fingerprint density at radius 3 is 1.12 bits per heavy atom. The molecule has 0 N–H and O–H groups in total. The van der Waals surface area contributed by atoms with E-state index in [9.17, 15) is 0 Å². The normalized spacial score (nSPS) is 16.5. The van der Waals surface area contributed by atoms with Crippen molar-refractivity contribution in [2.45, 2.75) is 0 Å². The van der Waals surface area contributed by atoms with Crippen LogP contribution in [0, 0.1) is 52.8 Å². The molecule has 0 aromatic heterocycles. The van der Waals surface area contributed by atoms with Crippen molar-refractivity contribution in [2.24, 2.45) is 0 Å². The van der Waals surface area contributed by atoms with E-state index in [0.29, 0.717) is 0 Å². The van der Waals surface area contributed by atoms with Crippen LogP contribution < -0.4 is 4.74 Å². The predicted molar refractivity (Wildman–Crippen MR) is 181 cm³/mol. The summed E-state index contributed by atoms with van der Waals surface area (Å²) in [5.74, 6) is 7.46. The zero-order chi connectivity index (χ0) is 28.7. The first kappa shape index (κ1) is 31.6. The predicted octanol–water partition coefficient (Wildman–Crippen LogP) is 9.70. The molecule has 0 bridgehead atoms. The van der Waals surface area contributed by atoms with Crippen molar-refractivity contribution in [3.8, 4) is 5.75 Å². The Balaban J connectivity index is 0.000000208. The minimum absolute atomic E-state index is 0. The molecule has 10 radical (unpaired) electrons. The maximum atomic E-state index is 5.31. The molecular weight excluding hydrogens is 682 g/mol. The van der Waals surface area contributed by atoms with Crippen molar-refractivity contribution in [2.75, 3.05) is 7.11 Å². The Bertz CT molecular complexity index is 1340. The van der Waals surface area contributed by atoms with Crippen molar-refractivity contribution in [3.63, 3.8) is 0 Å². The topological polar surface area (TPSA) is 9.23 Å². The summed E-state index contributed by atoms with van der Waals surface area (Å²) in [5, 5.41) is 0. The van der Waals surface area contributed by atoms with Crippen LogP contribution in [0.4, 0.5) is 0 Å². The Hall–Kier alpha value is -2.86. The number of hydrogen-bond donors (Lipinski definition) is 0. The summed E-state index contributed by atoms with van der Waals surface area (Å²) in [5.41, 5.74) is 6.21. The SMILES string of the molecule is COc1ccccc1[C]1[CH][CH][C](I)[CH]1.[Co].c1ccc([C]2[C](c3ccccc3)[C](c3ccccc3)[C]2c2ccccc2)cc1. The molecule has 2 aliphatic rings. The van der Waals surface area contributed by atoms with Crippen LogP contribution in [0.5, 0.6) is 5.75 Å². The van der Waals surface area contributed by atoms with E-state index in [1.165, 1.54) is 55.8 Å². The molecule has 0 spiro atoms. The molecule has 0 saturated heterocycles. The third-order valence-corrected chi connectivity index (χ3v) is 8.05. The van der Waals surface area contributed by atoms with Crippen LogP contribution in [0.25, 0.3) is 0 Å². The van der Waals surface area contributed by atoms with Gasteiger partial charge in [-0.15, -0.1) is 0 Å². The Morgan fingerprint density at radius 1 is 0.442 bits per heavy atom. The van der Waals surface area contributed by atoms with Gasteiger partial charge >= 0.3 is 0 Å². The van der Waals surface area contributed by atoms with E-state index in [-0.39, 0.29) is 16.8 Å². The second-order valence-corrected chi connectivity index (χ2v) is 11.2. The molecule has 0 unspecified atom stereocenters. The zero-order valence-electron chi connectivity index (χ0n) is 23.7. The summed E-state index contributed by atoms with van der Waals surface area (Å²) in [6, 6.07) is 51.0. The van der Waals surface area contributed by atoms with Crippen LogP contribution in [0.3, 0.4) is 0 Å². The molecule has 3 heteroatoms. The van der Waals surface area contributed by atoms with E-state index >= 15 is 0 Å². The molecule has 212 valence electrons. The van der Waals surface area contributed by atoms with Crippen LogP contribution in [-0.4, -0.2) is 7.11 Å². The van der Waals surface area contributed by atoms with Gasteiger partial charge in [-0.05, 0) is 47.6 Å². The van der Waals surface area contributed by atoms with Crippen LogP contribution in [0.1, 0.15) is 27.8 Å². The van der Waals surface area contributed by atoms with Crippen LogP contribution in [0.15, 0.2) is 146 Å². The van der Waals surface area contributed by atoms with Gasteiger partial charge in [0.15, 0.2) is 0 Å². The van der Waals surface area contributed by atoms with Gasteiger partial charge < -0.3 is 4.74 Å². The van der Waals surface area contributed by atoms with Gasteiger partial charge in [-0.3, -0.25) is 0 Å². The van der Waals surface area contributed by atoms with E-state index in [1.807, 2.05) is 18.2 Å². The Kier molecular flexibility index (Phi) is 11.2. The fourth-order valence-electron chi connectivity index (χ4n) is 5.48. The third kappa shape index (κ3) is 7.11. The quantitative estimate of drug-likeness (QED) is 0.160. The molecule has 2 aliphatic carbocycles. The molecular formula is C40H30CoIO. The maximum absolute atomic E-state index is 5.31. The molecule has 0 heterocycles. The molecule has 0 aliphatic heterocycles. The van der Waals surface area contributed by atoms with Crippen molar-refractivity contribution in [1.82, 2.24) is 0 Å². The van der Waals surface area contributed by atoms with Crippen LogP contribution in [-0.2, 0) is 16.8 Å². The molecule has 0 atom stereocenters. The Morgan fingerprint density at radius 2 is 0.791 bits per heavy atom. The van der Waals surface area contributed by atoms with E-state index in [2.05, 4.69) is 169 Å². The number of halogens is 1. The van der Waals surface area contributed by atoms with E-state index < -0.39 is 0 Å². The monoisotopic (exact) mass is 712 g/mol. The zero-order valence-corrected chi connectivity index (χ0v) is 26.9. The van der Waals surface area contributed by atoms with Crippen molar-refractivity contribution in [3.05, 3.63) is 226 Å². The van der Waals surface area contributed by atoms with Gasteiger partial charge in [0, 0.05) is 55.9 Å². The molecule has 7 rings (SSSR count). The summed E-state index contributed by atoms with van der Waals surface area (Å²) >= 11 is 2.31. The first-order valence-corrected chi connectivity index (χ1v) is 15.1. The molecule has 5 aromatic carbocycles. The summed E-state index contributed by atoms with van der Waals surface area (Å²) < 4.78 is 6.56. The number of ether oxygens (including phenoxy) is 1. The van der Waals surface area contributed by atoms with Gasteiger partial charge in [0.05, 0.1) is 7.11 Å². The van der Waals surface area contributed by atoms with Crippen LogP contribution >= 0.6 is 22.6 Å². The van der Waals surface area contributed by atoms with Crippen molar-refractivity contribution < 1.29 is 21.5 Å². The molecule has 43 heavy (non-hydrogen) atoms. The summed E-state index contributed by atoms with van der Waals surface area (Å²) in [6.45, 7) is 0. The molecule has 1 nitrogen and oxygen atoms in total. The number of hydrogen-bond acceptors (Lipinski definition) is 1. The maximum Gasteiger partial charge on any atom is 0.122 e. The fourth-order valence-corrected chi connectivity index (χ4v) is 5.99. The summed E-state index contributed by atoms with van der Waals surface area (Å²) in [4.78, 5) is 0. The largest absolute Gasteiger partial charge is 0.496 e. The van der Waals surface area contributed by atoms with Gasteiger partial charge in [-0.25, -0.2) is 0 Å². The second-order valence-electron chi connectivity index (χ2n) is 9.98. The standard InChI is InChI=1S/C28H20.C12H10IO.Co/c1-5-13-21(14-6-1)25-26(22-15-7-2-8-16-22)28(24-19-11-4-12-20-24)27(25)23-17-9-3-10-18-23;1-14-12-5-3-2-4-11(12)9-6-7-10(13)8-9;/h1-20H;2-8H,1H3;. The molecule has 2 fully saturated rings. The minimum atomic E-state index is 0. The first-order valence-electron chi connectivity index (χ1n) is 14.0. The third-order valence-electron chi connectivity index (χ3n) is 7.38. The van der Waals surface area contributed by atoms with Gasteiger partial charge in [0.25, 0.3) is 0 Å². The van der Waals surface area contributed by atoms with Gasteiger partial charge in [-0.1, -0.05) is 162 Å². The molecule has 5 aromatic rings. The Labute approximate surface area is 281 Å². The fraction of sp³-hybridized carbons (Fsp3) is 0.0250. The van der Waals surface area contributed by atoms with Gasteiger partial charge in [0.2, 0.25) is 0 Å². The van der Waals surface area contributed by atoms with Crippen molar-refractivity contribution >= 4 is 22.6 Å². The van der Waals surface area contributed by atoms with Gasteiger partial charge in [0.1, 0.15) is 5.75 Å². The molecule has 0 amide bonds. The number of methoxy groups -OCH3 is 1. The molecule has 2 saturated carbocycles. The van der Waals surface area contributed by atoms with E-state index in [0.717, 1.165) is 11.3 Å².